The second-order valence-electron chi connectivity index (χ2n) is 6.23. The average Bonchev–Trinajstić information content (AvgIpc) is 2.55. The van der Waals surface area contributed by atoms with E-state index < -0.39 is 0 Å². The zero-order valence-corrected chi connectivity index (χ0v) is 13.8. The summed E-state index contributed by atoms with van der Waals surface area (Å²) in [5.74, 6) is 0.550. The van der Waals surface area contributed by atoms with E-state index in [-0.39, 0.29) is 0 Å². The fourth-order valence-electron chi connectivity index (χ4n) is 3.37. The molecule has 3 rings (SSSR count). The van der Waals surface area contributed by atoms with Gasteiger partial charge in [-0.3, -0.25) is 0 Å². The lowest BCUT2D eigenvalue weighted by Gasteiger charge is -2.21. The maximum atomic E-state index is 6.57. The van der Waals surface area contributed by atoms with Crippen LogP contribution in [0.15, 0.2) is 61.2 Å². The Balaban J connectivity index is 2.34. The topological polar surface area (TPSA) is 26.0 Å². The van der Waals surface area contributed by atoms with Crippen molar-refractivity contribution in [3.05, 3.63) is 77.9 Å². The van der Waals surface area contributed by atoms with Crippen molar-refractivity contribution < 1.29 is 0 Å². The van der Waals surface area contributed by atoms with Gasteiger partial charge in [-0.1, -0.05) is 74.2 Å². The number of benzene rings is 2. The van der Waals surface area contributed by atoms with Crippen molar-refractivity contribution in [1.29, 1.82) is 0 Å². The van der Waals surface area contributed by atoms with Gasteiger partial charge >= 0.3 is 0 Å². The third kappa shape index (κ3) is 2.75. The first-order chi connectivity index (χ1) is 11.1. The van der Waals surface area contributed by atoms with Gasteiger partial charge in [0.1, 0.15) is 0 Å². The van der Waals surface area contributed by atoms with Crippen molar-refractivity contribution in [3.63, 3.8) is 0 Å². The highest BCUT2D eigenvalue weighted by Crippen LogP contribution is 2.40. The molecule has 0 unspecified atom stereocenters. The van der Waals surface area contributed by atoms with Crippen molar-refractivity contribution in [3.8, 4) is 0 Å². The summed E-state index contributed by atoms with van der Waals surface area (Å²) in [5, 5.41) is 2.48. The van der Waals surface area contributed by atoms with E-state index in [1.165, 1.54) is 27.5 Å². The molecule has 0 spiro atoms. The van der Waals surface area contributed by atoms with Crippen molar-refractivity contribution in [1.82, 2.24) is 0 Å². The van der Waals surface area contributed by atoms with Crippen LogP contribution < -0.4 is 5.73 Å². The molecule has 0 heterocycles. The Morgan fingerprint density at radius 3 is 2.65 bits per heavy atom. The molecule has 1 heteroatoms. The first-order valence-corrected chi connectivity index (χ1v) is 8.11. The van der Waals surface area contributed by atoms with E-state index >= 15 is 0 Å². The van der Waals surface area contributed by atoms with Gasteiger partial charge in [-0.25, -0.2) is 0 Å². The standard InChI is InChI=1S/C22H23N/c1-4-5-11-18-16(3)22(23)21(17-10-8-9-15(2)14-17)20-13-7-6-12-19(18)20/h4-13,15H,1,14,23H2,2-3H3/b11-5-/t15-/m1/s1. The van der Waals surface area contributed by atoms with Crippen LogP contribution in [0.5, 0.6) is 0 Å². The average molecular weight is 301 g/mol. The van der Waals surface area contributed by atoms with Crippen LogP contribution in [-0.2, 0) is 0 Å². The van der Waals surface area contributed by atoms with Crippen molar-refractivity contribution in [2.24, 2.45) is 5.92 Å². The Labute approximate surface area is 138 Å². The molecule has 0 saturated heterocycles. The number of anilines is 1. The predicted molar refractivity (Wildman–Crippen MR) is 103 cm³/mol. The van der Waals surface area contributed by atoms with E-state index in [9.17, 15) is 0 Å². The molecule has 2 aromatic rings. The van der Waals surface area contributed by atoms with Crippen LogP contribution in [0, 0.1) is 12.8 Å². The molecule has 0 bridgehead atoms. The molecule has 0 amide bonds. The lowest BCUT2D eigenvalue weighted by atomic mass is 9.84. The van der Waals surface area contributed by atoms with Gasteiger partial charge in [-0.15, -0.1) is 0 Å². The van der Waals surface area contributed by atoms with Crippen molar-refractivity contribution >= 4 is 28.1 Å². The third-order valence-electron chi connectivity index (χ3n) is 4.56. The summed E-state index contributed by atoms with van der Waals surface area (Å²) in [4.78, 5) is 0. The van der Waals surface area contributed by atoms with Crippen LogP contribution in [0.4, 0.5) is 5.69 Å². The number of nitrogens with two attached hydrogens (primary N) is 1. The number of nitrogen functional groups attached to an aromatic ring is 1. The van der Waals surface area contributed by atoms with Crippen LogP contribution >= 0.6 is 0 Å². The molecule has 0 fully saturated rings. The lowest BCUT2D eigenvalue weighted by Crippen LogP contribution is -2.04. The Kier molecular flexibility index (Phi) is 4.20. The van der Waals surface area contributed by atoms with E-state index in [4.69, 9.17) is 5.73 Å². The third-order valence-corrected chi connectivity index (χ3v) is 4.56. The number of hydrogen-bond acceptors (Lipinski definition) is 1. The molecular weight excluding hydrogens is 278 g/mol. The molecule has 0 aliphatic heterocycles. The Bertz CT molecular complexity index is 850. The molecule has 0 aromatic heterocycles. The largest absolute Gasteiger partial charge is 0.398 e. The van der Waals surface area contributed by atoms with Gasteiger partial charge in [0, 0.05) is 11.3 Å². The second kappa shape index (κ2) is 6.29. The van der Waals surface area contributed by atoms with Crippen molar-refractivity contribution in [2.45, 2.75) is 20.3 Å². The van der Waals surface area contributed by atoms with Gasteiger partial charge in [0.25, 0.3) is 0 Å². The van der Waals surface area contributed by atoms with E-state index in [1.54, 1.807) is 6.08 Å². The monoisotopic (exact) mass is 301 g/mol. The quantitative estimate of drug-likeness (QED) is 0.553. The molecule has 1 atom stereocenters. The molecule has 1 nitrogen and oxygen atoms in total. The molecule has 1 aliphatic rings. The normalized spacial score (nSPS) is 17.7. The number of fused-ring (bicyclic) bond motifs is 1. The van der Waals surface area contributed by atoms with Crippen LogP contribution in [-0.4, -0.2) is 0 Å². The van der Waals surface area contributed by atoms with Crippen LogP contribution in [0.2, 0.25) is 0 Å². The number of allylic oxidation sites excluding steroid dienone is 6. The van der Waals surface area contributed by atoms with Gasteiger partial charge in [0.15, 0.2) is 0 Å². The summed E-state index contributed by atoms with van der Waals surface area (Å²) >= 11 is 0. The molecule has 0 saturated carbocycles. The summed E-state index contributed by atoms with van der Waals surface area (Å²) in [7, 11) is 0. The molecule has 1 aliphatic carbocycles. The predicted octanol–water partition coefficient (Wildman–Crippen LogP) is 5.91. The Morgan fingerprint density at radius 1 is 1.22 bits per heavy atom. The summed E-state index contributed by atoms with van der Waals surface area (Å²) < 4.78 is 0. The fourth-order valence-corrected chi connectivity index (χ4v) is 3.37. The zero-order valence-electron chi connectivity index (χ0n) is 13.8. The highest BCUT2D eigenvalue weighted by atomic mass is 14.6. The fraction of sp³-hybridized carbons (Fsp3) is 0.182. The maximum Gasteiger partial charge on any atom is 0.0432 e. The van der Waals surface area contributed by atoms with Crippen LogP contribution in [0.3, 0.4) is 0 Å². The molecule has 23 heavy (non-hydrogen) atoms. The first-order valence-electron chi connectivity index (χ1n) is 8.11. The molecule has 116 valence electrons. The van der Waals surface area contributed by atoms with Gasteiger partial charge in [-0.05, 0) is 46.7 Å². The van der Waals surface area contributed by atoms with Gasteiger partial charge in [0.2, 0.25) is 0 Å². The van der Waals surface area contributed by atoms with E-state index in [0.717, 1.165) is 17.7 Å². The van der Waals surface area contributed by atoms with Crippen LogP contribution in [0.1, 0.15) is 30.0 Å². The molecule has 2 N–H and O–H groups in total. The minimum atomic E-state index is 0.550. The lowest BCUT2D eigenvalue weighted by molar-refractivity contribution is 0.749. The highest BCUT2D eigenvalue weighted by Gasteiger charge is 2.18. The number of hydrogen-bond donors (Lipinski definition) is 1. The van der Waals surface area contributed by atoms with Crippen molar-refractivity contribution in [2.75, 3.05) is 5.73 Å². The first kappa shape index (κ1) is 15.4. The van der Waals surface area contributed by atoms with Gasteiger partial charge in [-0.2, -0.15) is 0 Å². The molecule has 0 radical (unpaired) electrons. The molecular formula is C22H23N. The summed E-state index contributed by atoms with van der Waals surface area (Å²) in [6, 6.07) is 8.53. The van der Waals surface area contributed by atoms with Gasteiger partial charge < -0.3 is 5.73 Å². The number of rotatable bonds is 3. The van der Waals surface area contributed by atoms with E-state index in [2.05, 4.69) is 69.0 Å². The maximum absolute atomic E-state index is 6.57. The Hall–Kier alpha value is -2.54. The summed E-state index contributed by atoms with van der Waals surface area (Å²) in [5.41, 5.74) is 12.3. The van der Waals surface area contributed by atoms with E-state index in [1.807, 2.05) is 6.08 Å². The SMILES string of the molecule is C=C/C=C\c1c(C)c(N)c(C2=CC=C[C@@H](C)C2)c2ccccc12. The minimum Gasteiger partial charge on any atom is -0.398 e. The Morgan fingerprint density at radius 2 is 1.96 bits per heavy atom. The zero-order chi connectivity index (χ0) is 16.4. The highest BCUT2D eigenvalue weighted by molar-refractivity contribution is 6.04. The van der Waals surface area contributed by atoms with Gasteiger partial charge in [0.05, 0.1) is 0 Å². The summed E-state index contributed by atoms with van der Waals surface area (Å²) in [6.07, 6.45) is 13.5. The minimum absolute atomic E-state index is 0.550. The molecule has 2 aromatic carbocycles. The van der Waals surface area contributed by atoms with E-state index in [0.29, 0.717) is 5.92 Å². The smallest absolute Gasteiger partial charge is 0.0432 e. The summed E-state index contributed by atoms with van der Waals surface area (Å²) in [6.45, 7) is 8.13. The van der Waals surface area contributed by atoms with Crippen LogP contribution in [0.25, 0.3) is 22.4 Å². The second-order valence-corrected chi connectivity index (χ2v) is 6.23.